The van der Waals surface area contributed by atoms with Gasteiger partial charge in [-0.25, -0.2) is 4.79 Å². The SMILES string of the molecule is COc1ccccc1CNC(=O)C(NC(=O)C1CCN(C(=O)C(CCSC)NC(=O)OC(C)(C)C)CC1)C(C)C. The van der Waals surface area contributed by atoms with Gasteiger partial charge >= 0.3 is 6.09 Å². The van der Waals surface area contributed by atoms with E-state index >= 15 is 0 Å². The fourth-order valence-electron chi connectivity index (χ4n) is 4.47. The molecule has 0 radical (unpaired) electrons. The molecule has 1 aliphatic rings. The van der Waals surface area contributed by atoms with Gasteiger partial charge < -0.3 is 30.3 Å². The molecule has 40 heavy (non-hydrogen) atoms. The lowest BCUT2D eigenvalue weighted by atomic mass is 9.94. The summed E-state index contributed by atoms with van der Waals surface area (Å²) in [4.78, 5) is 53.4. The van der Waals surface area contributed by atoms with Crippen molar-refractivity contribution in [3.8, 4) is 5.75 Å². The summed E-state index contributed by atoms with van der Waals surface area (Å²) in [6.45, 7) is 10.2. The Morgan fingerprint density at radius 1 is 1.07 bits per heavy atom. The first kappa shape index (κ1) is 33.3. The molecule has 4 amide bonds. The molecule has 11 heteroatoms. The minimum Gasteiger partial charge on any atom is -0.496 e. The summed E-state index contributed by atoms with van der Waals surface area (Å²) < 4.78 is 10.7. The Hall–Kier alpha value is -2.95. The number of rotatable bonds is 12. The average molecular weight is 579 g/mol. The van der Waals surface area contributed by atoms with Crippen LogP contribution in [0.4, 0.5) is 4.79 Å². The standard InChI is InChI=1S/C29H46N4O6S/c1-19(2)24(26(35)30-18-21-10-8-9-11-23(21)38-6)32-25(34)20-12-15-33(16-13-20)27(36)22(14-17-40-7)31-28(37)39-29(3,4)5/h8-11,19-20,22,24H,12-18H2,1-7H3,(H,30,35)(H,31,37)(H,32,34). The van der Waals surface area contributed by atoms with Crippen LogP contribution in [0, 0.1) is 11.8 Å². The number of benzene rings is 1. The van der Waals surface area contributed by atoms with Gasteiger partial charge in [0.05, 0.1) is 7.11 Å². The zero-order valence-electron chi connectivity index (χ0n) is 24.9. The number of para-hydroxylation sites is 1. The minimum atomic E-state index is -0.690. The van der Waals surface area contributed by atoms with E-state index in [1.807, 2.05) is 44.4 Å². The van der Waals surface area contributed by atoms with Crippen LogP contribution in [-0.2, 0) is 25.7 Å². The van der Waals surface area contributed by atoms with E-state index in [9.17, 15) is 19.2 Å². The molecule has 2 atom stereocenters. The number of nitrogens with zero attached hydrogens (tertiary/aromatic N) is 1. The molecule has 0 aromatic heterocycles. The van der Waals surface area contributed by atoms with E-state index in [2.05, 4.69) is 16.0 Å². The van der Waals surface area contributed by atoms with E-state index in [-0.39, 0.29) is 36.1 Å². The number of carbonyl (C=O) groups is 4. The van der Waals surface area contributed by atoms with Gasteiger partial charge in [-0.15, -0.1) is 0 Å². The fraction of sp³-hybridized carbons (Fsp3) is 0.655. The van der Waals surface area contributed by atoms with Gasteiger partial charge in [-0.1, -0.05) is 32.0 Å². The fourth-order valence-corrected chi connectivity index (χ4v) is 4.94. The Balaban J connectivity index is 1.93. The normalized spacial score (nSPS) is 15.7. The maximum Gasteiger partial charge on any atom is 0.408 e. The molecule has 3 N–H and O–H groups in total. The molecule has 0 aliphatic carbocycles. The first-order chi connectivity index (χ1) is 18.9. The summed E-state index contributed by atoms with van der Waals surface area (Å²) in [6, 6.07) is 6.08. The predicted molar refractivity (Wildman–Crippen MR) is 157 cm³/mol. The van der Waals surface area contributed by atoms with Crippen molar-refractivity contribution in [3.63, 3.8) is 0 Å². The molecule has 0 spiro atoms. The molecule has 2 rings (SSSR count). The number of likely N-dealkylation sites (tertiary alicyclic amines) is 1. The van der Waals surface area contributed by atoms with Crippen molar-refractivity contribution < 1.29 is 28.7 Å². The topological polar surface area (TPSA) is 126 Å². The summed E-state index contributed by atoms with van der Waals surface area (Å²) in [5.41, 5.74) is 0.184. The van der Waals surface area contributed by atoms with E-state index in [0.717, 1.165) is 5.56 Å². The van der Waals surface area contributed by atoms with Gasteiger partial charge in [0.1, 0.15) is 23.4 Å². The minimum absolute atomic E-state index is 0.112. The molecule has 1 fully saturated rings. The van der Waals surface area contributed by atoms with Gasteiger partial charge in [-0.2, -0.15) is 11.8 Å². The van der Waals surface area contributed by atoms with E-state index in [1.165, 1.54) is 0 Å². The third-order valence-corrected chi connectivity index (χ3v) is 7.31. The molecular weight excluding hydrogens is 532 g/mol. The van der Waals surface area contributed by atoms with Crippen LogP contribution in [0.5, 0.6) is 5.75 Å². The summed E-state index contributed by atoms with van der Waals surface area (Å²) in [6.07, 6.45) is 2.77. The Kier molecular flexibility index (Phi) is 13.1. The van der Waals surface area contributed by atoms with E-state index in [0.29, 0.717) is 43.9 Å². The molecule has 0 saturated carbocycles. The third kappa shape index (κ3) is 10.6. The van der Waals surface area contributed by atoms with Crippen LogP contribution in [-0.4, -0.2) is 78.6 Å². The van der Waals surface area contributed by atoms with Crippen LogP contribution in [0.1, 0.15) is 59.4 Å². The first-order valence-electron chi connectivity index (χ1n) is 13.8. The molecule has 0 bridgehead atoms. The smallest absolute Gasteiger partial charge is 0.408 e. The summed E-state index contributed by atoms with van der Waals surface area (Å²) in [7, 11) is 1.58. The number of alkyl carbamates (subject to hydrolysis) is 1. The zero-order valence-corrected chi connectivity index (χ0v) is 25.7. The number of hydrogen-bond acceptors (Lipinski definition) is 7. The number of hydrogen-bond donors (Lipinski definition) is 3. The second-order valence-electron chi connectivity index (χ2n) is 11.3. The number of ether oxygens (including phenoxy) is 2. The van der Waals surface area contributed by atoms with Crippen molar-refractivity contribution >= 4 is 35.6 Å². The van der Waals surface area contributed by atoms with Crippen LogP contribution in [0.2, 0.25) is 0 Å². The van der Waals surface area contributed by atoms with E-state index in [4.69, 9.17) is 9.47 Å². The average Bonchev–Trinajstić information content (AvgIpc) is 2.91. The molecule has 10 nitrogen and oxygen atoms in total. The highest BCUT2D eigenvalue weighted by Gasteiger charge is 2.34. The van der Waals surface area contributed by atoms with Gasteiger partial charge in [0.2, 0.25) is 17.7 Å². The van der Waals surface area contributed by atoms with Crippen LogP contribution in [0.15, 0.2) is 24.3 Å². The highest BCUT2D eigenvalue weighted by molar-refractivity contribution is 7.98. The van der Waals surface area contributed by atoms with Crippen molar-refractivity contribution in [1.29, 1.82) is 0 Å². The molecule has 1 aromatic carbocycles. The van der Waals surface area contributed by atoms with Crippen molar-refractivity contribution in [2.24, 2.45) is 11.8 Å². The van der Waals surface area contributed by atoms with Crippen LogP contribution in [0.25, 0.3) is 0 Å². The highest BCUT2D eigenvalue weighted by atomic mass is 32.2. The largest absolute Gasteiger partial charge is 0.496 e. The number of thioether (sulfide) groups is 1. The number of piperidine rings is 1. The second kappa shape index (κ2) is 15.7. The Morgan fingerprint density at radius 3 is 2.30 bits per heavy atom. The molecule has 1 heterocycles. The number of carbonyl (C=O) groups excluding carboxylic acids is 4. The van der Waals surface area contributed by atoms with E-state index < -0.39 is 23.8 Å². The Bertz CT molecular complexity index is 1000. The Labute approximate surface area is 242 Å². The molecule has 1 aliphatic heterocycles. The van der Waals surface area contributed by atoms with Gasteiger partial charge in [0, 0.05) is 31.1 Å². The summed E-state index contributed by atoms with van der Waals surface area (Å²) in [5.74, 6) is 0.354. The molecule has 1 aromatic rings. The molecule has 224 valence electrons. The summed E-state index contributed by atoms with van der Waals surface area (Å²) >= 11 is 1.60. The highest BCUT2D eigenvalue weighted by Crippen LogP contribution is 2.21. The molecule has 2 unspecified atom stereocenters. The van der Waals surface area contributed by atoms with Crippen LogP contribution in [0.3, 0.4) is 0 Å². The van der Waals surface area contributed by atoms with Gasteiger partial charge in [-0.3, -0.25) is 14.4 Å². The maximum atomic E-state index is 13.3. The number of amides is 4. The van der Waals surface area contributed by atoms with Crippen molar-refractivity contribution in [3.05, 3.63) is 29.8 Å². The molecule has 1 saturated heterocycles. The van der Waals surface area contributed by atoms with Gasteiger partial charge in [0.25, 0.3) is 0 Å². The predicted octanol–water partition coefficient (Wildman–Crippen LogP) is 3.34. The van der Waals surface area contributed by atoms with Crippen LogP contribution >= 0.6 is 11.8 Å². The van der Waals surface area contributed by atoms with Gasteiger partial charge in [-0.05, 0) is 64.0 Å². The van der Waals surface area contributed by atoms with Crippen molar-refractivity contribution in [1.82, 2.24) is 20.9 Å². The molecular formula is C29H46N4O6S. The first-order valence-corrected chi connectivity index (χ1v) is 15.2. The van der Waals surface area contributed by atoms with Crippen LogP contribution < -0.4 is 20.7 Å². The Morgan fingerprint density at radius 2 is 1.73 bits per heavy atom. The lowest BCUT2D eigenvalue weighted by Gasteiger charge is -2.34. The second-order valence-corrected chi connectivity index (χ2v) is 12.3. The monoisotopic (exact) mass is 578 g/mol. The van der Waals surface area contributed by atoms with Crippen molar-refractivity contribution in [2.45, 2.75) is 78.1 Å². The van der Waals surface area contributed by atoms with Crippen molar-refractivity contribution in [2.75, 3.05) is 32.2 Å². The van der Waals surface area contributed by atoms with E-state index in [1.54, 1.807) is 44.5 Å². The lowest BCUT2D eigenvalue weighted by molar-refractivity contribution is -0.138. The number of methoxy groups -OCH3 is 1. The number of nitrogens with one attached hydrogen (secondary N) is 3. The quantitative estimate of drug-likeness (QED) is 0.347. The lowest BCUT2D eigenvalue weighted by Crippen LogP contribution is -2.54. The summed E-state index contributed by atoms with van der Waals surface area (Å²) in [5, 5.41) is 8.57. The third-order valence-electron chi connectivity index (χ3n) is 6.67. The van der Waals surface area contributed by atoms with Gasteiger partial charge in [0.15, 0.2) is 0 Å². The zero-order chi connectivity index (χ0) is 29.9. The maximum absolute atomic E-state index is 13.3.